The van der Waals surface area contributed by atoms with E-state index in [9.17, 15) is 4.79 Å². The van der Waals surface area contributed by atoms with E-state index in [1.165, 1.54) is 0 Å². The minimum atomic E-state index is -0.193. The first kappa shape index (κ1) is 25.2. The second-order valence-electron chi connectivity index (χ2n) is 8.22. The third-order valence-electron chi connectivity index (χ3n) is 5.12. The molecule has 0 fully saturated rings. The third kappa shape index (κ3) is 7.59. The van der Waals surface area contributed by atoms with Gasteiger partial charge in [-0.15, -0.1) is 0 Å². The number of aryl methyl sites for hydroxylation is 1. The molecule has 6 nitrogen and oxygen atoms in total. The molecule has 0 saturated heterocycles. The maximum absolute atomic E-state index is 12.8. The van der Waals surface area contributed by atoms with Gasteiger partial charge in [0.1, 0.15) is 17.2 Å². The monoisotopic (exact) mass is 462 g/mol. The van der Waals surface area contributed by atoms with E-state index in [0.29, 0.717) is 35.1 Å². The summed E-state index contributed by atoms with van der Waals surface area (Å²) in [6.07, 6.45) is 2.76. The van der Waals surface area contributed by atoms with E-state index in [0.717, 1.165) is 37.3 Å². The Morgan fingerprint density at radius 2 is 1.68 bits per heavy atom. The van der Waals surface area contributed by atoms with Gasteiger partial charge in [0.05, 0.1) is 24.0 Å². The molecule has 0 bridgehead atoms. The molecular formula is C28H34N2O4. The molecule has 1 N–H and O–H groups in total. The summed E-state index contributed by atoms with van der Waals surface area (Å²) in [4.78, 5) is 17.4. The Morgan fingerprint density at radius 3 is 2.38 bits per heavy atom. The lowest BCUT2D eigenvalue weighted by Crippen LogP contribution is -2.16. The van der Waals surface area contributed by atoms with Crippen molar-refractivity contribution in [3.05, 3.63) is 77.6 Å². The van der Waals surface area contributed by atoms with E-state index in [4.69, 9.17) is 14.2 Å². The fourth-order valence-corrected chi connectivity index (χ4v) is 3.43. The molecule has 1 aromatic heterocycles. The standard InChI is InChI=1S/C28H34N2O4/c1-5-16-32-20(3)18-23-12-15-27(21(4)29-23)28(31)30-22-10-13-24(14-11-22)34-26-9-7-8-25(19-26)33-17-6-2/h7-15,19-20H,5-6,16-18H2,1-4H3,(H,30,31). The molecule has 0 aliphatic carbocycles. The van der Waals surface area contributed by atoms with E-state index >= 15 is 0 Å². The Bertz CT molecular complexity index is 1070. The molecule has 3 rings (SSSR count). The van der Waals surface area contributed by atoms with Crippen molar-refractivity contribution in [2.45, 2.75) is 53.1 Å². The predicted octanol–water partition coefficient (Wildman–Crippen LogP) is 6.58. The SMILES string of the molecule is CCCOc1cccc(Oc2ccc(NC(=O)c3ccc(CC(C)OCCC)nc3C)cc2)c1. The highest BCUT2D eigenvalue weighted by atomic mass is 16.5. The topological polar surface area (TPSA) is 69.7 Å². The number of carbonyl (C=O) groups is 1. The Hall–Kier alpha value is -3.38. The molecule has 34 heavy (non-hydrogen) atoms. The van der Waals surface area contributed by atoms with Crippen LogP contribution in [0.15, 0.2) is 60.7 Å². The number of pyridine rings is 1. The molecular weight excluding hydrogens is 428 g/mol. The fourth-order valence-electron chi connectivity index (χ4n) is 3.43. The van der Waals surface area contributed by atoms with Gasteiger partial charge in [-0.3, -0.25) is 9.78 Å². The number of rotatable bonds is 12. The molecule has 2 aromatic carbocycles. The van der Waals surface area contributed by atoms with Crippen LogP contribution in [0.3, 0.4) is 0 Å². The minimum Gasteiger partial charge on any atom is -0.493 e. The predicted molar refractivity (Wildman–Crippen MR) is 135 cm³/mol. The molecule has 3 aromatic rings. The zero-order valence-electron chi connectivity index (χ0n) is 20.5. The molecule has 1 amide bonds. The number of ether oxygens (including phenoxy) is 3. The van der Waals surface area contributed by atoms with Crippen LogP contribution in [0.4, 0.5) is 5.69 Å². The molecule has 6 heteroatoms. The number of nitrogens with zero attached hydrogens (tertiary/aromatic N) is 1. The van der Waals surface area contributed by atoms with E-state index in [2.05, 4.69) is 24.1 Å². The van der Waals surface area contributed by atoms with Crippen molar-refractivity contribution in [3.63, 3.8) is 0 Å². The summed E-state index contributed by atoms with van der Waals surface area (Å²) < 4.78 is 17.3. The summed E-state index contributed by atoms with van der Waals surface area (Å²) in [5.74, 6) is 1.95. The van der Waals surface area contributed by atoms with Crippen LogP contribution in [0, 0.1) is 6.92 Å². The van der Waals surface area contributed by atoms with Crippen LogP contribution in [-0.4, -0.2) is 30.2 Å². The van der Waals surface area contributed by atoms with Crippen molar-refractivity contribution in [2.75, 3.05) is 18.5 Å². The van der Waals surface area contributed by atoms with Gasteiger partial charge in [0.2, 0.25) is 0 Å². The van der Waals surface area contributed by atoms with Gasteiger partial charge in [-0.1, -0.05) is 19.9 Å². The van der Waals surface area contributed by atoms with Crippen molar-refractivity contribution in [1.29, 1.82) is 0 Å². The molecule has 0 aliphatic rings. The lowest BCUT2D eigenvalue weighted by Gasteiger charge is -2.13. The number of carbonyl (C=O) groups excluding carboxylic acids is 1. The average molecular weight is 463 g/mol. The maximum Gasteiger partial charge on any atom is 0.257 e. The molecule has 0 aliphatic heterocycles. The van der Waals surface area contributed by atoms with Crippen LogP contribution in [0.25, 0.3) is 0 Å². The summed E-state index contributed by atoms with van der Waals surface area (Å²) in [5, 5.41) is 2.93. The van der Waals surface area contributed by atoms with Crippen molar-refractivity contribution in [1.82, 2.24) is 4.98 Å². The first-order chi connectivity index (χ1) is 16.5. The number of amides is 1. The van der Waals surface area contributed by atoms with Crippen molar-refractivity contribution in [2.24, 2.45) is 0 Å². The van der Waals surface area contributed by atoms with E-state index < -0.39 is 0 Å². The summed E-state index contributed by atoms with van der Waals surface area (Å²) in [7, 11) is 0. The number of anilines is 1. The second kappa shape index (κ2) is 12.8. The Kier molecular flexibility index (Phi) is 9.47. The van der Waals surface area contributed by atoms with Gasteiger partial charge in [0.25, 0.3) is 5.91 Å². The smallest absolute Gasteiger partial charge is 0.257 e. The summed E-state index contributed by atoms with van der Waals surface area (Å²) in [5.41, 5.74) is 2.85. The van der Waals surface area contributed by atoms with Crippen LogP contribution < -0.4 is 14.8 Å². The van der Waals surface area contributed by atoms with Crippen molar-refractivity contribution < 1.29 is 19.0 Å². The first-order valence-electron chi connectivity index (χ1n) is 11.9. The highest BCUT2D eigenvalue weighted by molar-refractivity contribution is 6.05. The molecule has 1 unspecified atom stereocenters. The first-order valence-corrected chi connectivity index (χ1v) is 11.9. The lowest BCUT2D eigenvalue weighted by molar-refractivity contribution is 0.0663. The molecule has 180 valence electrons. The highest BCUT2D eigenvalue weighted by Crippen LogP contribution is 2.26. The second-order valence-corrected chi connectivity index (χ2v) is 8.22. The van der Waals surface area contributed by atoms with Gasteiger partial charge in [-0.25, -0.2) is 0 Å². The number of benzene rings is 2. The van der Waals surface area contributed by atoms with Gasteiger partial charge in [-0.05, 0) is 75.2 Å². The Balaban J connectivity index is 1.58. The van der Waals surface area contributed by atoms with Gasteiger partial charge >= 0.3 is 0 Å². The number of hydrogen-bond acceptors (Lipinski definition) is 5. The molecule has 0 radical (unpaired) electrons. The third-order valence-corrected chi connectivity index (χ3v) is 5.12. The van der Waals surface area contributed by atoms with Gasteiger partial charge in [0, 0.05) is 30.5 Å². The minimum absolute atomic E-state index is 0.0959. The van der Waals surface area contributed by atoms with Crippen LogP contribution in [0.2, 0.25) is 0 Å². The van der Waals surface area contributed by atoms with Crippen LogP contribution in [0.5, 0.6) is 17.2 Å². The molecule has 0 saturated carbocycles. The number of aromatic nitrogens is 1. The van der Waals surface area contributed by atoms with E-state index in [1.807, 2.05) is 74.5 Å². The van der Waals surface area contributed by atoms with Crippen LogP contribution in [-0.2, 0) is 11.2 Å². The summed E-state index contributed by atoms with van der Waals surface area (Å²) in [6, 6.07) is 18.5. The maximum atomic E-state index is 12.8. The normalized spacial score (nSPS) is 11.6. The van der Waals surface area contributed by atoms with Crippen LogP contribution >= 0.6 is 0 Å². The zero-order valence-corrected chi connectivity index (χ0v) is 20.5. The van der Waals surface area contributed by atoms with Gasteiger partial charge in [-0.2, -0.15) is 0 Å². The Labute approximate surface area is 202 Å². The van der Waals surface area contributed by atoms with Crippen molar-refractivity contribution >= 4 is 11.6 Å². The Morgan fingerprint density at radius 1 is 0.941 bits per heavy atom. The molecule has 0 spiro atoms. The number of nitrogens with one attached hydrogen (secondary N) is 1. The number of hydrogen-bond donors (Lipinski definition) is 1. The van der Waals surface area contributed by atoms with Crippen molar-refractivity contribution in [3.8, 4) is 17.2 Å². The summed E-state index contributed by atoms with van der Waals surface area (Å²) >= 11 is 0. The van der Waals surface area contributed by atoms with Gasteiger partial charge in [0.15, 0.2) is 0 Å². The largest absolute Gasteiger partial charge is 0.493 e. The van der Waals surface area contributed by atoms with E-state index in [-0.39, 0.29) is 12.0 Å². The molecule has 1 atom stereocenters. The fraction of sp³-hybridized carbons (Fsp3) is 0.357. The average Bonchev–Trinajstić information content (AvgIpc) is 2.83. The van der Waals surface area contributed by atoms with E-state index in [1.54, 1.807) is 0 Å². The quantitative estimate of drug-likeness (QED) is 0.329. The highest BCUT2D eigenvalue weighted by Gasteiger charge is 2.13. The van der Waals surface area contributed by atoms with Gasteiger partial charge < -0.3 is 19.5 Å². The lowest BCUT2D eigenvalue weighted by atomic mass is 10.1. The molecule has 1 heterocycles. The zero-order chi connectivity index (χ0) is 24.3. The summed E-state index contributed by atoms with van der Waals surface area (Å²) in [6.45, 7) is 9.46. The van der Waals surface area contributed by atoms with Crippen LogP contribution in [0.1, 0.15) is 55.4 Å².